The molecule has 1 amide bonds. The molecule has 1 N–H and O–H groups in total. The minimum atomic E-state index is -2.83. The summed E-state index contributed by atoms with van der Waals surface area (Å²) in [5.41, 5.74) is 1.75. The van der Waals surface area contributed by atoms with Crippen molar-refractivity contribution < 1.29 is 18.3 Å². The van der Waals surface area contributed by atoms with Crippen molar-refractivity contribution >= 4 is 24.0 Å². The normalized spacial score (nSPS) is 23.4. The third kappa shape index (κ3) is 4.16. The van der Waals surface area contributed by atoms with Crippen molar-refractivity contribution in [2.24, 2.45) is 5.92 Å². The van der Waals surface area contributed by atoms with Crippen LogP contribution in [-0.4, -0.2) is 31.7 Å². The molecular weight excluding hydrogens is 338 g/mol. The molecule has 1 saturated heterocycles. The van der Waals surface area contributed by atoms with Crippen molar-refractivity contribution in [2.45, 2.75) is 45.3 Å². The van der Waals surface area contributed by atoms with Crippen LogP contribution in [0, 0.1) is 5.92 Å². The van der Waals surface area contributed by atoms with Gasteiger partial charge >= 0.3 is 6.61 Å². The van der Waals surface area contributed by atoms with Crippen LogP contribution in [-0.2, 0) is 11.2 Å². The van der Waals surface area contributed by atoms with Gasteiger partial charge in [0.05, 0.1) is 0 Å². The second-order valence-electron chi connectivity index (χ2n) is 6.34. The lowest BCUT2D eigenvalue weighted by Gasteiger charge is -2.35. The summed E-state index contributed by atoms with van der Waals surface area (Å²) in [4.78, 5) is 14.7. The molecule has 7 heteroatoms. The third-order valence-electron chi connectivity index (χ3n) is 4.63. The summed E-state index contributed by atoms with van der Waals surface area (Å²) < 4.78 is 29.1. The van der Waals surface area contributed by atoms with Gasteiger partial charge in [0, 0.05) is 24.2 Å². The molecule has 1 aromatic carbocycles. The lowest BCUT2D eigenvalue weighted by atomic mass is 9.90. The molecule has 0 aromatic heterocycles. The van der Waals surface area contributed by atoms with Gasteiger partial charge in [0.1, 0.15) is 5.75 Å². The molecule has 0 spiro atoms. The van der Waals surface area contributed by atoms with Crippen molar-refractivity contribution in [2.75, 3.05) is 18.0 Å². The lowest BCUT2D eigenvalue weighted by molar-refractivity contribution is -0.123. The number of benzene rings is 1. The topological polar surface area (TPSA) is 41.6 Å². The van der Waals surface area contributed by atoms with Crippen molar-refractivity contribution in [3.63, 3.8) is 0 Å². The summed E-state index contributed by atoms with van der Waals surface area (Å²) in [5, 5.41) is 3.36. The first-order valence-corrected chi connectivity index (χ1v) is 8.17. The molecule has 24 heavy (non-hydrogen) atoms. The Morgan fingerprint density at radius 2 is 2.21 bits per heavy atom. The van der Waals surface area contributed by atoms with Gasteiger partial charge in [-0.2, -0.15) is 8.78 Å². The number of carbonyl (C=O) groups excluding carboxylic acids is 1. The summed E-state index contributed by atoms with van der Waals surface area (Å²) in [5.74, 6) is 0.347. The Balaban J connectivity index is 0.00000208. The van der Waals surface area contributed by atoms with Crippen LogP contribution >= 0.6 is 12.4 Å². The van der Waals surface area contributed by atoms with Gasteiger partial charge in [-0.1, -0.05) is 0 Å². The predicted octanol–water partition coefficient (Wildman–Crippen LogP) is 3.38. The highest BCUT2D eigenvalue weighted by atomic mass is 35.5. The fraction of sp³-hybridized carbons (Fsp3) is 0.588. The van der Waals surface area contributed by atoms with Crippen molar-refractivity contribution in [3.8, 4) is 5.75 Å². The molecule has 1 aromatic rings. The van der Waals surface area contributed by atoms with Crippen LogP contribution in [0.5, 0.6) is 5.75 Å². The summed E-state index contributed by atoms with van der Waals surface area (Å²) in [7, 11) is 0. The van der Waals surface area contributed by atoms with E-state index < -0.39 is 6.61 Å². The number of nitrogens with one attached hydrogen (secondary N) is 1. The van der Waals surface area contributed by atoms with E-state index in [-0.39, 0.29) is 30.0 Å². The quantitative estimate of drug-likeness (QED) is 0.898. The number of carbonyl (C=O) groups is 1. The van der Waals surface area contributed by atoms with E-state index >= 15 is 0 Å². The molecule has 0 bridgehead atoms. The number of amides is 1. The number of hydrogen-bond donors (Lipinski definition) is 1. The van der Waals surface area contributed by atoms with Crippen LogP contribution in [0.3, 0.4) is 0 Å². The molecule has 134 valence electrons. The molecule has 2 aliphatic heterocycles. The third-order valence-corrected chi connectivity index (χ3v) is 4.63. The molecule has 0 unspecified atom stereocenters. The molecule has 0 radical (unpaired) electrons. The van der Waals surface area contributed by atoms with Crippen LogP contribution in [0.4, 0.5) is 14.5 Å². The zero-order valence-electron chi connectivity index (χ0n) is 13.6. The van der Waals surface area contributed by atoms with Gasteiger partial charge < -0.3 is 15.0 Å². The van der Waals surface area contributed by atoms with E-state index in [1.165, 1.54) is 6.07 Å². The molecule has 3 rings (SSSR count). The monoisotopic (exact) mass is 360 g/mol. The fourth-order valence-electron chi connectivity index (χ4n) is 3.56. The van der Waals surface area contributed by atoms with Gasteiger partial charge in [-0.05, 0) is 62.9 Å². The van der Waals surface area contributed by atoms with E-state index in [1.54, 1.807) is 12.1 Å². The fourth-order valence-corrected chi connectivity index (χ4v) is 3.56. The van der Waals surface area contributed by atoms with Gasteiger partial charge in [0.25, 0.3) is 0 Å². The van der Waals surface area contributed by atoms with Crippen LogP contribution in [0.25, 0.3) is 0 Å². The van der Waals surface area contributed by atoms with E-state index in [1.807, 2.05) is 4.90 Å². The summed E-state index contributed by atoms with van der Waals surface area (Å²) >= 11 is 0. The lowest BCUT2D eigenvalue weighted by Crippen LogP contribution is -2.45. The summed E-state index contributed by atoms with van der Waals surface area (Å²) in [6, 6.07) is 5.23. The average molecular weight is 361 g/mol. The van der Waals surface area contributed by atoms with Crippen molar-refractivity contribution in [1.29, 1.82) is 0 Å². The molecule has 0 aliphatic carbocycles. The molecule has 4 nitrogen and oxygen atoms in total. The minimum absolute atomic E-state index is 0. The van der Waals surface area contributed by atoms with E-state index in [9.17, 15) is 13.6 Å². The maximum atomic E-state index is 12.9. The first-order chi connectivity index (χ1) is 11.0. The second-order valence-corrected chi connectivity index (χ2v) is 6.34. The van der Waals surface area contributed by atoms with E-state index in [0.29, 0.717) is 12.6 Å². The summed E-state index contributed by atoms with van der Waals surface area (Å²) in [6.07, 6.45) is 3.32. The second kappa shape index (κ2) is 8.12. The number of hydrogen-bond acceptors (Lipinski definition) is 3. The Hall–Kier alpha value is -1.40. The molecule has 2 aliphatic rings. The molecule has 1 fully saturated rings. The Labute approximate surface area is 147 Å². The zero-order chi connectivity index (χ0) is 16.4. The van der Waals surface area contributed by atoms with Crippen molar-refractivity contribution in [1.82, 2.24) is 5.32 Å². The average Bonchev–Trinajstić information content (AvgIpc) is 2.53. The number of anilines is 1. The number of ether oxygens (including phenoxy) is 1. The van der Waals surface area contributed by atoms with Gasteiger partial charge in [-0.3, -0.25) is 4.79 Å². The molecule has 2 heterocycles. The highest BCUT2D eigenvalue weighted by molar-refractivity contribution is 5.96. The number of piperidine rings is 1. The van der Waals surface area contributed by atoms with Crippen LogP contribution in [0.2, 0.25) is 0 Å². The Morgan fingerprint density at radius 3 is 2.92 bits per heavy atom. The molecule has 0 saturated carbocycles. The van der Waals surface area contributed by atoms with E-state index in [2.05, 4.69) is 17.0 Å². The molecular formula is C17H23ClF2N2O2. The van der Waals surface area contributed by atoms with Gasteiger partial charge in [-0.25, -0.2) is 0 Å². The maximum Gasteiger partial charge on any atom is 0.387 e. The first-order valence-electron chi connectivity index (χ1n) is 8.17. The number of alkyl halides is 2. The first kappa shape index (κ1) is 18.9. The predicted molar refractivity (Wildman–Crippen MR) is 91.2 cm³/mol. The smallest absolute Gasteiger partial charge is 0.387 e. The molecule has 2 atom stereocenters. The number of nitrogens with zero attached hydrogens (tertiary/aromatic N) is 1. The Kier molecular flexibility index (Phi) is 6.40. The number of halogens is 3. The SMILES string of the molecule is C[C@H]1C[C@@H](C(=O)N2CCCc3cc(OC(F)F)ccc32)CCN1.Cl. The van der Waals surface area contributed by atoms with Crippen LogP contribution < -0.4 is 15.0 Å². The maximum absolute atomic E-state index is 12.9. The largest absolute Gasteiger partial charge is 0.435 e. The van der Waals surface area contributed by atoms with Gasteiger partial charge in [0.2, 0.25) is 5.91 Å². The minimum Gasteiger partial charge on any atom is -0.435 e. The van der Waals surface area contributed by atoms with Gasteiger partial charge in [-0.15, -0.1) is 12.4 Å². The number of aryl methyl sites for hydroxylation is 1. The Bertz CT molecular complexity index is 586. The zero-order valence-corrected chi connectivity index (χ0v) is 14.5. The van der Waals surface area contributed by atoms with Crippen LogP contribution in [0.15, 0.2) is 18.2 Å². The number of rotatable bonds is 3. The highest BCUT2D eigenvalue weighted by Crippen LogP contribution is 2.33. The Morgan fingerprint density at radius 1 is 1.42 bits per heavy atom. The highest BCUT2D eigenvalue weighted by Gasteiger charge is 2.31. The van der Waals surface area contributed by atoms with Crippen LogP contribution in [0.1, 0.15) is 31.7 Å². The standard InChI is InChI=1S/C17H22F2N2O2.ClH/c1-11-9-13(6-7-20-11)16(22)21-8-2-3-12-10-14(23-17(18)19)4-5-15(12)21;/h4-5,10-11,13,17,20H,2-3,6-9H2,1H3;1H/t11-,13-;/m0./s1. The van der Waals surface area contributed by atoms with Gasteiger partial charge in [0.15, 0.2) is 0 Å². The van der Waals surface area contributed by atoms with E-state index in [4.69, 9.17) is 0 Å². The summed E-state index contributed by atoms with van der Waals surface area (Å²) in [6.45, 7) is 0.821. The van der Waals surface area contributed by atoms with Crippen molar-refractivity contribution in [3.05, 3.63) is 23.8 Å². The van der Waals surface area contributed by atoms with E-state index in [0.717, 1.165) is 43.5 Å². The number of fused-ring (bicyclic) bond motifs is 1.